The molecule has 1 saturated heterocycles. The molecule has 1 fully saturated rings. The lowest BCUT2D eigenvalue weighted by Crippen LogP contribution is -2.39. The molecule has 58 valence electrons. The van der Waals surface area contributed by atoms with Gasteiger partial charge in [-0.2, -0.15) is 0 Å². The molecule has 0 bridgehead atoms. The smallest absolute Gasteiger partial charge is 0.341 e. The van der Waals surface area contributed by atoms with E-state index in [9.17, 15) is 9.18 Å². The van der Waals surface area contributed by atoms with Crippen molar-refractivity contribution in [2.75, 3.05) is 13.2 Å². The zero-order valence-corrected chi connectivity index (χ0v) is 5.47. The third kappa shape index (κ3) is 1.26. The second-order valence-electron chi connectivity index (χ2n) is 2.38. The van der Waals surface area contributed by atoms with E-state index in [1.54, 1.807) is 0 Å². The Bertz CT molecular complexity index is 140. The molecule has 0 unspecified atom stereocenters. The minimum absolute atomic E-state index is 0.0255. The van der Waals surface area contributed by atoms with Crippen LogP contribution in [0.1, 0.15) is 12.8 Å². The number of carboxylic acids is 1. The summed E-state index contributed by atoms with van der Waals surface area (Å²) in [4.78, 5) is 10.2. The highest BCUT2D eigenvalue weighted by Crippen LogP contribution is 2.24. The van der Waals surface area contributed by atoms with Crippen molar-refractivity contribution in [2.24, 2.45) is 0 Å². The zero-order chi connectivity index (χ0) is 7.61. The molecular weight excluding hydrogens is 139 g/mol. The first-order chi connectivity index (χ1) is 4.65. The SMILES string of the molecule is O=C(O)C1(F)CCOCC1. The molecule has 0 aliphatic carbocycles. The molecule has 10 heavy (non-hydrogen) atoms. The molecule has 0 atom stereocenters. The lowest BCUT2D eigenvalue weighted by Gasteiger charge is -2.24. The number of aliphatic carboxylic acids is 1. The third-order valence-electron chi connectivity index (χ3n) is 1.67. The first-order valence-corrected chi connectivity index (χ1v) is 3.15. The fraction of sp³-hybridized carbons (Fsp3) is 0.833. The van der Waals surface area contributed by atoms with Gasteiger partial charge in [-0.3, -0.25) is 0 Å². The molecule has 0 aromatic rings. The molecule has 1 heterocycles. The van der Waals surface area contributed by atoms with Crippen LogP contribution in [0.3, 0.4) is 0 Å². The number of carboxylic acid groups (broad SMARTS) is 1. The van der Waals surface area contributed by atoms with E-state index in [2.05, 4.69) is 0 Å². The molecule has 0 spiro atoms. The first kappa shape index (κ1) is 7.47. The molecule has 0 aromatic carbocycles. The standard InChI is InChI=1S/C6H9FO3/c7-6(5(8)9)1-3-10-4-2-6/h1-4H2,(H,8,9). The number of alkyl halides is 1. The number of rotatable bonds is 1. The van der Waals surface area contributed by atoms with Gasteiger partial charge in [0.25, 0.3) is 0 Å². The monoisotopic (exact) mass is 148 g/mol. The molecule has 1 aliphatic rings. The Morgan fingerprint density at radius 3 is 2.30 bits per heavy atom. The van der Waals surface area contributed by atoms with E-state index in [4.69, 9.17) is 9.84 Å². The fourth-order valence-corrected chi connectivity index (χ4v) is 0.909. The summed E-state index contributed by atoms with van der Waals surface area (Å²) in [6.07, 6.45) is -0.0509. The van der Waals surface area contributed by atoms with E-state index in [1.807, 2.05) is 0 Å². The highest BCUT2D eigenvalue weighted by Gasteiger charge is 2.40. The summed E-state index contributed by atoms with van der Waals surface area (Å²) in [6, 6.07) is 0. The molecule has 3 nitrogen and oxygen atoms in total. The Hall–Kier alpha value is -0.640. The molecule has 1 aliphatic heterocycles. The molecule has 4 heteroatoms. The van der Waals surface area contributed by atoms with Crippen molar-refractivity contribution < 1.29 is 19.0 Å². The van der Waals surface area contributed by atoms with Crippen LogP contribution in [-0.4, -0.2) is 30.0 Å². The number of hydrogen-bond acceptors (Lipinski definition) is 2. The summed E-state index contributed by atoms with van der Waals surface area (Å²) in [6.45, 7) is 0.422. The fourth-order valence-electron chi connectivity index (χ4n) is 0.909. The quantitative estimate of drug-likeness (QED) is 0.592. The molecule has 0 amide bonds. The van der Waals surface area contributed by atoms with Crippen LogP contribution in [0.4, 0.5) is 4.39 Å². The summed E-state index contributed by atoms with van der Waals surface area (Å²) in [7, 11) is 0. The Morgan fingerprint density at radius 2 is 2.00 bits per heavy atom. The van der Waals surface area contributed by atoms with Gasteiger partial charge in [0, 0.05) is 12.8 Å². The van der Waals surface area contributed by atoms with Crippen LogP contribution in [0.2, 0.25) is 0 Å². The minimum Gasteiger partial charge on any atom is -0.479 e. The van der Waals surface area contributed by atoms with Crippen LogP contribution >= 0.6 is 0 Å². The van der Waals surface area contributed by atoms with E-state index in [0.29, 0.717) is 0 Å². The van der Waals surface area contributed by atoms with Crippen LogP contribution in [0.25, 0.3) is 0 Å². The maximum atomic E-state index is 13.0. The number of carbonyl (C=O) groups is 1. The second-order valence-corrected chi connectivity index (χ2v) is 2.38. The van der Waals surface area contributed by atoms with Crippen molar-refractivity contribution in [3.8, 4) is 0 Å². The topological polar surface area (TPSA) is 46.5 Å². The van der Waals surface area contributed by atoms with Gasteiger partial charge in [0.2, 0.25) is 5.67 Å². The maximum absolute atomic E-state index is 13.0. The van der Waals surface area contributed by atoms with E-state index in [1.165, 1.54) is 0 Å². The van der Waals surface area contributed by atoms with E-state index in [0.717, 1.165) is 0 Å². The van der Waals surface area contributed by atoms with Gasteiger partial charge in [-0.15, -0.1) is 0 Å². The number of halogens is 1. The summed E-state index contributed by atoms with van der Waals surface area (Å²) >= 11 is 0. The van der Waals surface area contributed by atoms with Crippen molar-refractivity contribution in [3.05, 3.63) is 0 Å². The van der Waals surface area contributed by atoms with Gasteiger partial charge in [0.05, 0.1) is 13.2 Å². The summed E-state index contributed by atoms with van der Waals surface area (Å²) in [5.74, 6) is -1.36. The lowest BCUT2D eigenvalue weighted by atomic mass is 9.97. The Labute approximate surface area is 57.8 Å². The molecule has 1 N–H and O–H groups in total. The average molecular weight is 148 g/mol. The minimum atomic E-state index is -2.03. The maximum Gasteiger partial charge on any atom is 0.341 e. The van der Waals surface area contributed by atoms with E-state index < -0.39 is 11.6 Å². The highest BCUT2D eigenvalue weighted by atomic mass is 19.1. The van der Waals surface area contributed by atoms with Crippen molar-refractivity contribution in [1.82, 2.24) is 0 Å². The van der Waals surface area contributed by atoms with Gasteiger partial charge in [-0.1, -0.05) is 0 Å². The van der Waals surface area contributed by atoms with E-state index in [-0.39, 0.29) is 26.1 Å². The van der Waals surface area contributed by atoms with Gasteiger partial charge in [0.15, 0.2) is 0 Å². The van der Waals surface area contributed by atoms with Gasteiger partial charge >= 0.3 is 5.97 Å². The summed E-state index contributed by atoms with van der Waals surface area (Å²) in [5, 5.41) is 8.37. The Balaban J connectivity index is 2.56. The van der Waals surface area contributed by atoms with Gasteiger partial charge in [-0.25, -0.2) is 9.18 Å². The third-order valence-corrected chi connectivity index (χ3v) is 1.67. The van der Waals surface area contributed by atoms with Gasteiger partial charge in [0.1, 0.15) is 0 Å². The Kier molecular flexibility index (Phi) is 1.89. The first-order valence-electron chi connectivity index (χ1n) is 3.15. The van der Waals surface area contributed by atoms with Crippen molar-refractivity contribution in [2.45, 2.75) is 18.5 Å². The predicted octanol–water partition coefficient (Wildman–Crippen LogP) is 0.590. The molecular formula is C6H9FO3. The average Bonchev–Trinajstić information content (AvgIpc) is 1.89. The summed E-state index contributed by atoms with van der Waals surface area (Å²) < 4.78 is 17.8. The Morgan fingerprint density at radius 1 is 1.50 bits per heavy atom. The zero-order valence-electron chi connectivity index (χ0n) is 5.47. The molecule has 0 aromatic heterocycles. The number of ether oxygens (including phenoxy) is 1. The van der Waals surface area contributed by atoms with Crippen molar-refractivity contribution in [3.63, 3.8) is 0 Å². The normalized spacial score (nSPS) is 24.1. The number of hydrogen-bond donors (Lipinski definition) is 1. The van der Waals surface area contributed by atoms with Crippen LogP contribution in [0, 0.1) is 0 Å². The van der Waals surface area contributed by atoms with Crippen molar-refractivity contribution in [1.29, 1.82) is 0 Å². The largest absolute Gasteiger partial charge is 0.479 e. The predicted molar refractivity (Wildman–Crippen MR) is 31.5 cm³/mol. The van der Waals surface area contributed by atoms with Crippen LogP contribution < -0.4 is 0 Å². The molecule has 0 radical (unpaired) electrons. The molecule has 0 saturated carbocycles. The van der Waals surface area contributed by atoms with Crippen molar-refractivity contribution >= 4 is 5.97 Å². The van der Waals surface area contributed by atoms with Crippen LogP contribution in [0.15, 0.2) is 0 Å². The highest BCUT2D eigenvalue weighted by molar-refractivity contribution is 5.77. The lowest BCUT2D eigenvalue weighted by molar-refractivity contribution is -0.157. The van der Waals surface area contributed by atoms with Crippen LogP contribution in [-0.2, 0) is 9.53 Å². The van der Waals surface area contributed by atoms with E-state index >= 15 is 0 Å². The second kappa shape index (κ2) is 2.54. The molecule has 1 rings (SSSR count). The van der Waals surface area contributed by atoms with Crippen LogP contribution in [0.5, 0.6) is 0 Å². The summed E-state index contributed by atoms with van der Waals surface area (Å²) in [5.41, 5.74) is -2.03. The van der Waals surface area contributed by atoms with Gasteiger partial charge in [-0.05, 0) is 0 Å². The van der Waals surface area contributed by atoms with Gasteiger partial charge < -0.3 is 9.84 Å².